The molecule has 1 amide bonds. The molecule has 0 radical (unpaired) electrons. The molecule has 1 aliphatic heterocycles. The van der Waals surface area contributed by atoms with Crippen LogP contribution in [0.4, 0.5) is 45.2 Å². The van der Waals surface area contributed by atoms with Gasteiger partial charge in [0.2, 0.25) is 5.96 Å². The number of guanidine groups is 1. The summed E-state index contributed by atoms with van der Waals surface area (Å²) in [5, 5.41) is 11.8. The van der Waals surface area contributed by atoms with E-state index in [1.807, 2.05) is 0 Å². The average molecular weight is 534 g/mol. The van der Waals surface area contributed by atoms with Crippen molar-refractivity contribution in [1.82, 2.24) is 4.90 Å². The quantitative estimate of drug-likeness (QED) is 0.393. The first kappa shape index (κ1) is 27.3. The monoisotopic (exact) mass is 533 g/mol. The Kier molecular flexibility index (Phi) is 7.19. The topological polar surface area (TPSA) is 64.9 Å². The zero-order valence-corrected chi connectivity index (χ0v) is 17.8. The van der Waals surface area contributed by atoms with E-state index in [0.29, 0.717) is 17.4 Å². The summed E-state index contributed by atoms with van der Waals surface area (Å²) in [5.41, 5.74) is -9.23. The van der Waals surface area contributed by atoms with Crippen LogP contribution in [0, 0.1) is 0 Å². The van der Waals surface area contributed by atoms with Crippen LogP contribution >= 0.6 is 23.2 Å². The number of rotatable bonds is 4. The van der Waals surface area contributed by atoms with E-state index in [9.17, 15) is 49.4 Å². The zero-order chi connectivity index (χ0) is 25.6. The highest BCUT2D eigenvalue weighted by molar-refractivity contribution is 6.60. The average Bonchev–Trinajstić information content (AvgIpc) is 2.64. The lowest BCUT2D eigenvalue weighted by Crippen LogP contribution is -2.68. The fourth-order valence-corrected chi connectivity index (χ4v) is 3.25. The van der Waals surface area contributed by atoms with E-state index in [1.54, 1.807) is 12.2 Å². The van der Waals surface area contributed by atoms with Crippen LogP contribution in [0.25, 0.3) is 0 Å². The minimum atomic E-state index is -5.76. The molecule has 0 aromatic heterocycles. The summed E-state index contributed by atoms with van der Waals surface area (Å²) >= 11 is 11.0. The van der Waals surface area contributed by atoms with Crippen molar-refractivity contribution >= 4 is 40.8 Å². The third kappa shape index (κ3) is 5.11. The van der Waals surface area contributed by atoms with Gasteiger partial charge in [-0.15, -0.1) is 0 Å². The lowest BCUT2D eigenvalue weighted by Gasteiger charge is -2.43. The molecule has 2 rings (SSSR count). The predicted octanol–water partition coefficient (Wildman–Crippen LogP) is 5.56. The van der Waals surface area contributed by atoms with Crippen LogP contribution in [0.15, 0.2) is 23.2 Å². The van der Waals surface area contributed by atoms with Gasteiger partial charge < -0.3 is 10.4 Å². The molecule has 1 unspecified atom stereocenters. The number of carbonyl (C=O) groups is 1. The van der Waals surface area contributed by atoms with Crippen molar-refractivity contribution in [2.75, 3.05) is 11.9 Å². The van der Waals surface area contributed by atoms with Crippen LogP contribution in [0.3, 0.4) is 0 Å². The van der Waals surface area contributed by atoms with Crippen molar-refractivity contribution in [3.63, 3.8) is 0 Å². The van der Waals surface area contributed by atoms with Gasteiger partial charge in [-0.1, -0.05) is 36.5 Å². The van der Waals surface area contributed by atoms with Crippen molar-refractivity contribution < 1.29 is 49.4 Å². The normalized spacial score (nSPS) is 21.8. The predicted molar refractivity (Wildman–Crippen MR) is 99.6 cm³/mol. The molecule has 5 nitrogen and oxygen atoms in total. The largest absolute Gasteiger partial charge is 0.442 e. The van der Waals surface area contributed by atoms with Crippen molar-refractivity contribution in [1.29, 1.82) is 0 Å². The molecule has 186 valence electrons. The molecule has 1 aromatic rings. The molecule has 1 aliphatic rings. The molecule has 0 saturated heterocycles. The first-order valence-corrected chi connectivity index (χ1v) is 9.67. The number of alkyl halides is 11. The maximum Gasteiger partial charge on any atom is 0.442 e. The third-order valence-electron chi connectivity index (χ3n) is 4.50. The van der Waals surface area contributed by atoms with Gasteiger partial charge in [0, 0.05) is 6.54 Å². The van der Waals surface area contributed by atoms with Gasteiger partial charge in [0.1, 0.15) is 0 Å². The van der Waals surface area contributed by atoms with E-state index in [-0.39, 0.29) is 18.6 Å². The summed E-state index contributed by atoms with van der Waals surface area (Å²) in [5.74, 6) is -2.99. The van der Waals surface area contributed by atoms with Gasteiger partial charge >= 0.3 is 18.5 Å². The number of aliphatic hydroxyl groups is 1. The highest BCUT2D eigenvalue weighted by atomic mass is 35.5. The van der Waals surface area contributed by atoms with E-state index < -0.39 is 63.8 Å². The number of nitrogens with zero attached hydrogens (tertiary/aromatic N) is 2. The number of carbonyl (C=O) groups excluding carboxylic acids is 1. The molecule has 0 aliphatic carbocycles. The smallest absolute Gasteiger partial charge is 0.359 e. The molecule has 16 heteroatoms. The summed E-state index contributed by atoms with van der Waals surface area (Å²) in [7, 11) is 0. The Morgan fingerprint density at radius 2 is 1.64 bits per heavy atom. The summed E-state index contributed by atoms with van der Waals surface area (Å²) in [6.07, 6.45) is -15.9. The second-order valence-corrected chi connectivity index (χ2v) is 8.20. The summed E-state index contributed by atoms with van der Waals surface area (Å²) in [6, 6.07) is 0.266. The molecule has 0 bridgehead atoms. The van der Waals surface area contributed by atoms with Crippen LogP contribution in [0.5, 0.6) is 0 Å². The van der Waals surface area contributed by atoms with E-state index in [0.717, 1.165) is 0 Å². The van der Waals surface area contributed by atoms with Crippen molar-refractivity contribution in [2.24, 2.45) is 4.99 Å². The second-order valence-electron chi connectivity index (χ2n) is 6.87. The molecule has 2 N–H and O–H groups in total. The van der Waals surface area contributed by atoms with Crippen LogP contribution in [-0.4, -0.2) is 44.7 Å². The van der Waals surface area contributed by atoms with E-state index in [4.69, 9.17) is 23.2 Å². The lowest BCUT2D eigenvalue weighted by atomic mass is 10.0. The van der Waals surface area contributed by atoms with Crippen LogP contribution in [0.1, 0.15) is 30.9 Å². The molecule has 1 atom stereocenters. The van der Waals surface area contributed by atoms with Gasteiger partial charge in [0.15, 0.2) is 0 Å². The molecule has 1 heterocycles. The summed E-state index contributed by atoms with van der Waals surface area (Å²) < 4.78 is 116. The Labute approximate surface area is 190 Å². The number of amides is 1. The number of aliphatic imine (C=N–C) groups is 1. The number of halogens is 11. The molecule has 0 fully saturated rings. The molecule has 33 heavy (non-hydrogen) atoms. The minimum Gasteiger partial charge on any atom is -0.359 e. The Hall–Kier alpha value is -1.93. The SMILES string of the molecule is CCCCN1C(=O)C(Cl)(Cl)C(O)(C(F)(F)F)N=C1Nc1ccc(C(F)(F)F)cc1C(F)(F)F. The van der Waals surface area contributed by atoms with Crippen LogP contribution in [-0.2, 0) is 17.1 Å². The molecule has 1 aromatic carbocycles. The van der Waals surface area contributed by atoms with E-state index in [2.05, 4.69) is 4.99 Å². The number of unbranched alkanes of at least 4 members (excludes halogenated alkanes) is 1. The van der Waals surface area contributed by atoms with Crippen molar-refractivity contribution in [2.45, 2.75) is 48.4 Å². The number of hydrogen-bond donors (Lipinski definition) is 2. The van der Waals surface area contributed by atoms with Crippen molar-refractivity contribution in [3.8, 4) is 0 Å². The van der Waals surface area contributed by atoms with Gasteiger partial charge in [-0.2, -0.15) is 39.5 Å². The first-order valence-electron chi connectivity index (χ1n) is 8.91. The van der Waals surface area contributed by atoms with Gasteiger partial charge in [0.25, 0.3) is 16.0 Å². The van der Waals surface area contributed by atoms with Gasteiger partial charge in [-0.3, -0.25) is 9.69 Å². The maximum atomic E-state index is 13.5. The highest BCUT2D eigenvalue weighted by Crippen LogP contribution is 2.49. The molecule has 0 saturated carbocycles. The second kappa shape index (κ2) is 8.69. The lowest BCUT2D eigenvalue weighted by molar-refractivity contribution is -0.262. The Morgan fingerprint density at radius 1 is 1.06 bits per heavy atom. The number of nitrogens with one attached hydrogen (secondary N) is 1. The summed E-state index contributed by atoms with van der Waals surface area (Å²) in [6.45, 7) is 1.18. The van der Waals surface area contributed by atoms with Crippen LogP contribution < -0.4 is 5.32 Å². The maximum absolute atomic E-state index is 13.5. The van der Waals surface area contributed by atoms with Gasteiger partial charge in [0.05, 0.1) is 16.8 Å². The van der Waals surface area contributed by atoms with E-state index >= 15 is 0 Å². The number of benzene rings is 1. The molecular weight excluding hydrogens is 520 g/mol. The summed E-state index contributed by atoms with van der Waals surface area (Å²) in [4.78, 5) is 15.9. The zero-order valence-electron chi connectivity index (χ0n) is 16.3. The van der Waals surface area contributed by atoms with Gasteiger partial charge in [-0.25, -0.2) is 4.99 Å². The Bertz CT molecular complexity index is 945. The van der Waals surface area contributed by atoms with Crippen molar-refractivity contribution in [3.05, 3.63) is 29.3 Å². The number of hydrogen-bond acceptors (Lipinski definition) is 4. The number of anilines is 1. The van der Waals surface area contributed by atoms with E-state index in [1.165, 1.54) is 0 Å². The highest BCUT2D eigenvalue weighted by Gasteiger charge is 2.73. The third-order valence-corrected chi connectivity index (χ3v) is 5.35. The Balaban J connectivity index is 2.70. The van der Waals surface area contributed by atoms with Gasteiger partial charge in [-0.05, 0) is 24.6 Å². The molecule has 0 spiro atoms. The standard InChI is InChI=1S/C17H14Cl2F9N3O2/c1-2-3-6-31-11(32)13(18,19)16(33,17(26,27)28)30-12(31)29-10-5-4-8(14(20,21)22)7-9(10)15(23,24)25/h4-5,7,33H,2-3,6H2,1H3,(H,29,30). The van der Waals surface area contributed by atoms with Crippen LogP contribution in [0.2, 0.25) is 0 Å². The molecular formula is C17H14Cl2F9N3O2. The first-order chi connectivity index (χ1) is 14.8. The fraction of sp³-hybridized carbons (Fsp3) is 0.529. The Morgan fingerprint density at radius 3 is 2.09 bits per heavy atom. The fourth-order valence-electron chi connectivity index (χ4n) is 2.74. The minimum absolute atomic E-state index is 0.0971.